The average molecular weight is 507 g/mol. The highest BCUT2D eigenvalue weighted by atomic mass is 16.6. The minimum Gasteiger partial charge on any atom is -0.377 e. The standard InChI is InChI=1S/C29H38N4O4/c1-29(2,3)37-21-9-6-18(7-10-21)28(34)33-16-19-5-4-13-30-27(19)32-22-11-8-20(15-24(22)33)31-23-17-36-25-12-14-35-26(23)25/h4-5,8,11,13,15,18,21,23,25-26,31H,6-7,9-10,12,14,16-17H2,1-3H3,(H,30,32)/t18?,21?,23-,25-,26-/m1/s1. The molecule has 1 aromatic heterocycles. The van der Waals surface area contributed by atoms with Crippen molar-refractivity contribution in [3.8, 4) is 0 Å². The van der Waals surface area contributed by atoms with E-state index in [1.165, 1.54) is 0 Å². The largest absolute Gasteiger partial charge is 0.377 e. The predicted octanol–water partition coefficient (Wildman–Crippen LogP) is 5.01. The third kappa shape index (κ3) is 5.19. The van der Waals surface area contributed by atoms with Crippen molar-refractivity contribution < 1.29 is 19.0 Å². The molecule has 1 amide bonds. The van der Waals surface area contributed by atoms with E-state index in [1.54, 1.807) is 6.20 Å². The molecule has 3 aliphatic heterocycles. The highest BCUT2D eigenvalue weighted by Gasteiger charge is 2.42. The molecule has 0 spiro atoms. The second kappa shape index (κ2) is 9.89. The minimum absolute atomic E-state index is 0.0154. The Hall–Kier alpha value is -2.68. The van der Waals surface area contributed by atoms with Crippen LogP contribution in [0.1, 0.15) is 58.4 Å². The fourth-order valence-electron chi connectivity index (χ4n) is 6.16. The Bertz CT molecular complexity index is 1140. The number of nitrogens with zero attached hydrogens (tertiary/aromatic N) is 2. The molecule has 2 N–H and O–H groups in total. The number of benzene rings is 1. The van der Waals surface area contributed by atoms with E-state index in [1.807, 2.05) is 23.1 Å². The van der Waals surface area contributed by atoms with Crippen LogP contribution in [0.25, 0.3) is 0 Å². The van der Waals surface area contributed by atoms with Crippen LogP contribution in [0.5, 0.6) is 0 Å². The van der Waals surface area contributed by atoms with Gasteiger partial charge in [-0.2, -0.15) is 0 Å². The second-order valence-electron chi connectivity index (χ2n) is 11.7. The second-order valence-corrected chi connectivity index (χ2v) is 11.7. The van der Waals surface area contributed by atoms with Crippen LogP contribution < -0.4 is 15.5 Å². The summed E-state index contributed by atoms with van der Waals surface area (Å²) in [5.74, 6) is 0.960. The Morgan fingerprint density at radius 1 is 1.14 bits per heavy atom. The number of fused-ring (bicyclic) bond motifs is 3. The molecule has 37 heavy (non-hydrogen) atoms. The Morgan fingerprint density at radius 3 is 2.78 bits per heavy atom. The molecule has 1 saturated carbocycles. The number of aromatic nitrogens is 1. The van der Waals surface area contributed by atoms with E-state index in [-0.39, 0.29) is 41.8 Å². The van der Waals surface area contributed by atoms with Crippen LogP contribution in [-0.4, -0.2) is 54.1 Å². The maximum absolute atomic E-state index is 14.1. The van der Waals surface area contributed by atoms with Gasteiger partial charge in [0.15, 0.2) is 0 Å². The zero-order chi connectivity index (χ0) is 25.6. The van der Waals surface area contributed by atoms with Crippen molar-refractivity contribution in [2.24, 2.45) is 5.92 Å². The summed E-state index contributed by atoms with van der Waals surface area (Å²) in [4.78, 5) is 20.6. The van der Waals surface area contributed by atoms with E-state index in [4.69, 9.17) is 14.2 Å². The maximum atomic E-state index is 14.1. The molecule has 1 aromatic carbocycles. The molecule has 6 rings (SSSR count). The third-order valence-electron chi connectivity index (χ3n) is 7.89. The van der Waals surface area contributed by atoms with E-state index in [0.717, 1.165) is 67.2 Å². The molecule has 0 radical (unpaired) electrons. The summed E-state index contributed by atoms with van der Waals surface area (Å²) < 4.78 is 18.1. The molecule has 4 heterocycles. The summed E-state index contributed by atoms with van der Waals surface area (Å²) >= 11 is 0. The average Bonchev–Trinajstić information content (AvgIpc) is 3.44. The number of anilines is 4. The number of hydrogen-bond acceptors (Lipinski definition) is 7. The zero-order valence-electron chi connectivity index (χ0n) is 22.0. The van der Waals surface area contributed by atoms with Crippen LogP contribution in [-0.2, 0) is 25.5 Å². The quantitative estimate of drug-likeness (QED) is 0.603. The Labute approximate surface area is 219 Å². The highest BCUT2D eigenvalue weighted by molar-refractivity contribution is 6.00. The fourth-order valence-corrected chi connectivity index (χ4v) is 6.16. The first kappa shape index (κ1) is 24.6. The minimum atomic E-state index is -0.162. The van der Waals surface area contributed by atoms with Crippen molar-refractivity contribution in [1.82, 2.24) is 4.98 Å². The number of hydrogen-bond donors (Lipinski definition) is 2. The molecule has 0 bridgehead atoms. The molecule has 8 heteroatoms. The van der Waals surface area contributed by atoms with Crippen molar-refractivity contribution in [1.29, 1.82) is 0 Å². The lowest BCUT2D eigenvalue weighted by molar-refractivity contribution is -0.126. The normalized spacial score (nSPS) is 29.1. The van der Waals surface area contributed by atoms with E-state index in [2.05, 4.69) is 48.5 Å². The summed E-state index contributed by atoms with van der Waals surface area (Å²) in [6.07, 6.45) is 6.73. The van der Waals surface area contributed by atoms with Gasteiger partial charge < -0.3 is 29.7 Å². The number of pyridine rings is 1. The van der Waals surface area contributed by atoms with Gasteiger partial charge in [-0.05, 0) is 77.1 Å². The maximum Gasteiger partial charge on any atom is 0.230 e. The number of ether oxygens (including phenoxy) is 3. The van der Waals surface area contributed by atoms with Crippen molar-refractivity contribution >= 4 is 28.8 Å². The van der Waals surface area contributed by atoms with Crippen molar-refractivity contribution in [2.75, 3.05) is 28.7 Å². The van der Waals surface area contributed by atoms with Crippen LogP contribution in [0.15, 0.2) is 36.5 Å². The molecule has 8 nitrogen and oxygen atoms in total. The zero-order valence-corrected chi connectivity index (χ0v) is 22.0. The first-order chi connectivity index (χ1) is 17.8. The first-order valence-corrected chi connectivity index (χ1v) is 13.7. The van der Waals surface area contributed by atoms with Gasteiger partial charge in [-0.25, -0.2) is 4.98 Å². The van der Waals surface area contributed by atoms with Gasteiger partial charge in [-0.1, -0.05) is 6.07 Å². The molecule has 2 saturated heterocycles. The van der Waals surface area contributed by atoms with Crippen molar-refractivity contribution in [3.05, 3.63) is 42.1 Å². The molecule has 3 atom stereocenters. The highest BCUT2D eigenvalue weighted by Crippen LogP contribution is 2.40. The molecule has 198 valence electrons. The van der Waals surface area contributed by atoms with Gasteiger partial charge in [0.1, 0.15) is 11.9 Å². The lowest BCUT2D eigenvalue weighted by atomic mass is 9.86. The van der Waals surface area contributed by atoms with Crippen LogP contribution in [0.2, 0.25) is 0 Å². The molecule has 1 aliphatic carbocycles. The SMILES string of the molecule is CC(C)(C)OC1CCC(C(=O)N2Cc3cccnc3Nc3ccc(N[C@@H]4CO[C@@H]5CCO[C@H]45)cc32)CC1. The van der Waals surface area contributed by atoms with E-state index < -0.39 is 0 Å². The van der Waals surface area contributed by atoms with Gasteiger partial charge in [0.25, 0.3) is 0 Å². The van der Waals surface area contributed by atoms with Crippen LogP contribution >= 0.6 is 0 Å². The molecular formula is C29H38N4O4. The number of carbonyl (C=O) groups is 1. The van der Waals surface area contributed by atoms with Gasteiger partial charge in [0.2, 0.25) is 5.91 Å². The Balaban J connectivity index is 1.25. The van der Waals surface area contributed by atoms with Crippen LogP contribution in [0.4, 0.5) is 22.9 Å². The first-order valence-electron chi connectivity index (χ1n) is 13.7. The van der Waals surface area contributed by atoms with E-state index in [9.17, 15) is 4.79 Å². The number of rotatable bonds is 4. The van der Waals surface area contributed by atoms with Gasteiger partial charge in [-0.3, -0.25) is 4.79 Å². The van der Waals surface area contributed by atoms with Gasteiger partial charge in [-0.15, -0.1) is 0 Å². The van der Waals surface area contributed by atoms with Crippen LogP contribution in [0, 0.1) is 5.92 Å². The monoisotopic (exact) mass is 506 g/mol. The molecule has 4 aliphatic rings. The topological polar surface area (TPSA) is 85.0 Å². The summed E-state index contributed by atoms with van der Waals surface area (Å²) in [7, 11) is 0. The molecule has 0 unspecified atom stereocenters. The van der Waals surface area contributed by atoms with Crippen molar-refractivity contribution in [2.45, 2.75) is 89.4 Å². The lowest BCUT2D eigenvalue weighted by Gasteiger charge is -2.35. The summed E-state index contributed by atoms with van der Waals surface area (Å²) in [6, 6.07) is 10.3. The number of carbonyl (C=O) groups excluding carboxylic acids is 1. The molecular weight excluding hydrogens is 468 g/mol. The van der Waals surface area contributed by atoms with E-state index in [0.29, 0.717) is 13.2 Å². The summed E-state index contributed by atoms with van der Waals surface area (Å²) in [5.41, 5.74) is 3.58. The lowest BCUT2D eigenvalue weighted by Crippen LogP contribution is -2.39. The van der Waals surface area contributed by atoms with Gasteiger partial charge in [0.05, 0.1) is 48.4 Å². The molecule has 3 fully saturated rings. The third-order valence-corrected chi connectivity index (χ3v) is 7.89. The number of nitrogens with one attached hydrogen (secondary N) is 2. The van der Waals surface area contributed by atoms with Gasteiger partial charge in [0, 0.05) is 30.0 Å². The number of amides is 1. The van der Waals surface area contributed by atoms with Crippen molar-refractivity contribution in [3.63, 3.8) is 0 Å². The Morgan fingerprint density at radius 2 is 1.97 bits per heavy atom. The van der Waals surface area contributed by atoms with Crippen LogP contribution in [0.3, 0.4) is 0 Å². The fraction of sp³-hybridized carbons (Fsp3) is 0.586. The van der Waals surface area contributed by atoms with Gasteiger partial charge >= 0.3 is 0 Å². The summed E-state index contributed by atoms with van der Waals surface area (Å²) in [6.45, 7) is 8.16. The Kier molecular flexibility index (Phi) is 6.59. The van der Waals surface area contributed by atoms with E-state index >= 15 is 0 Å². The summed E-state index contributed by atoms with van der Waals surface area (Å²) in [5, 5.41) is 7.10. The predicted molar refractivity (Wildman–Crippen MR) is 143 cm³/mol. The smallest absolute Gasteiger partial charge is 0.230 e. The molecule has 2 aromatic rings.